The van der Waals surface area contributed by atoms with E-state index in [0.717, 1.165) is 55.8 Å². The molecule has 4 nitrogen and oxygen atoms in total. The Balaban J connectivity index is 1.08. The lowest BCUT2D eigenvalue weighted by molar-refractivity contribution is 1.16. The summed E-state index contributed by atoms with van der Waals surface area (Å²) in [5, 5.41) is 7.19. The van der Waals surface area contributed by atoms with E-state index in [1.165, 1.54) is 49.2 Å². The van der Waals surface area contributed by atoms with Crippen LogP contribution in [0, 0.1) is 0 Å². The van der Waals surface area contributed by atoms with E-state index in [0.29, 0.717) is 5.82 Å². The molecule has 12 aromatic rings. The molecule has 12 rings (SSSR count). The molecule has 0 aliphatic rings. The number of rotatable bonds is 6. The maximum Gasteiger partial charge on any atom is 0.160 e. The molecule has 4 heteroatoms. The van der Waals surface area contributed by atoms with Crippen molar-refractivity contribution in [3.05, 3.63) is 218 Å². The minimum atomic E-state index is 0.690. The fraction of sp³-hybridized carbons (Fsp3) is 0. The van der Waals surface area contributed by atoms with Gasteiger partial charge in [-0.3, -0.25) is 0 Å². The Kier molecular flexibility index (Phi) is 7.82. The van der Waals surface area contributed by atoms with Crippen molar-refractivity contribution in [2.45, 2.75) is 0 Å². The quantitative estimate of drug-likeness (QED) is 0.169. The molecule has 0 spiro atoms. The molecule has 0 fully saturated rings. The van der Waals surface area contributed by atoms with E-state index in [2.05, 4.69) is 221 Å². The minimum Gasteiger partial charge on any atom is -0.307 e. The molecule has 9 aromatic carbocycles. The molecular formula is C56H36N4. The van der Waals surface area contributed by atoms with Crippen LogP contribution in [0.3, 0.4) is 0 Å². The standard InChI is InChI=1S/C56H36N4/c1-4-16-37(17-5-1)39-20-14-22-41(34-39)50-36-49(38-18-6-2-7-19-38)57-56(58-50)42-30-31-44-40(35-42)21-15-29-51(44)60-53-28-13-11-26-46(53)48-33-32-47-45-25-10-12-27-52(45)59(54(47)55(48)60)43-23-8-3-9-24-43/h1-36H. The van der Waals surface area contributed by atoms with Gasteiger partial charge in [0.25, 0.3) is 0 Å². The van der Waals surface area contributed by atoms with Crippen LogP contribution in [-0.4, -0.2) is 19.1 Å². The van der Waals surface area contributed by atoms with Gasteiger partial charge in [0.05, 0.1) is 39.1 Å². The summed E-state index contributed by atoms with van der Waals surface area (Å²) in [7, 11) is 0. The zero-order valence-corrected chi connectivity index (χ0v) is 32.6. The first kappa shape index (κ1) is 34.0. The van der Waals surface area contributed by atoms with Gasteiger partial charge in [-0.1, -0.05) is 170 Å². The number of fused-ring (bicyclic) bond motifs is 8. The fourth-order valence-electron chi connectivity index (χ4n) is 9.17. The van der Waals surface area contributed by atoms with Crippen LogP contribution in [-0.2, 0) is 0 Å². The first-order valence-corrected chi connectivity index (χ1v) is 20.4. The van der Waals surface area contributed by atoms with Gasteiger partial charge in [0, 0.05) is 49.3 Å². The van der Waals surface area contributed by atoms with Crippen molar-refractivity contribution in [2.24, 2.45) is 0 Å². The van der Waals surface area contributed by atoms with Crippen LogP contribution in [0.4, 0.5) is 0 Å². The van der Waals surface area contributed by atoms with E-state index in [1.807, 2.05) is 6.07 Å². The summed E-state index contributed by atoms with van der Waals surface area (Å²) in [6.07, 6.45) is 0. The van der Waals surface area contributed by atoms with Gasteiger partial charge in [0.15, 0.2) is 5.82 Å². The van der Waals surface area contributed by atoms with Gasteiger partial charge in [-0.05, 0) is 65.0 Å². The number of aromatic nitrogens is 4. The van der Waals surface area contributed by atoms with Crippen LogP contribution in [0.25, 0.3) is 111 Å². The molecule has 0 N–H and O–H groups in total. The summed E-state index contributed by atoms with van der Waals surface area (Å²) in [4.78, 5) is 10.5. The Morgan fingerprint density at radius 3 is 1.55 bits per heavy atom. The summed E-state index contributed by atoms with van der Waals surface area (Å²) in [5.41, 5.74) is 14.2. The molecule has 3 heterocycles. The van der Waals surface area contributed by atoms with E-state index in [-0.39, 0.29) is 0 Å². The van der Waals surface area contributed by atoms with Crippen molar-refractivity contribution >= 4 is 54.4 Å². The summed E-state index contributed by atoms with van der Waals surface area (Å²) in [5.74, 6) is 0.690. The molecule has 0 radical (unpaired) electrons. The Morgan fingerprint density at radius 1 is 0.300 bits per heavy atom. The fourth-order valence-corrected chi connectivity index (χ4v) is 9.17. The van der Waals surface area contributed by atoms with Crippen LogP contribution in [0.5, 0.6) is 0 Å². The van der Waals surface area contributed by atoms with Gasteiger partial charge >= 0.3 is 0 Å². The molecule has 0 bridgehead atoms. The Labute approximate surface area is 346 Å². The van der Waals surface area contributed by atoms with Crippen LogP contribution in [0.1, 0.15) is 0 Å². The first-order chi connectivity index (χ1) is 29.8. The monoisotopic (exact) mass is 764 g/mol. The molecule has 0 amide bonds. The molecule has 0 aliphatic heterocycles. The highest BCUT2D eigenvalue weighted by Gasteiger charge is 2.22. The second-order valence-corrected chi connectivity index (χ2v) is 15.4. The number of nitrogens with zero attached hydrogens (tertiary/aromatic N) is 4. The lowest BCUT2D eigenvalue weighted by Gasteiger charge is -2.15. The maximum absolute atomic E-state index is 5.27. The summed E-state index contributed by atoms with van der Waals surface area (Å²) < 4.78 is 4.92. The van der Waals surface area contributed by atoms with Gasteiger partial charge in [-0.25, -0.2) is 9.97 Å². The highest BCUT2D eigenvalue weighted by Crippen LogP contribution is 2.43. The lowest BCUT2D eigenvalue weighted by atomic mass is 10.0. The van der Waals surface area contributed by atoms with Crippen LogP contribution < -0.4 is 0 Å². The van der Waals surface area contributed by atoms with E-state index in [9.17, 15) is 0 Å². The van der Waals surface area contributed by atoms with Gasteiger partial charge in [0.1, 0.15) is 0 Å². The van der Waals surface area contributed by atoms with Gasteiger partial charge in [-0.2, -0.15) is 0 Å². The minimum absolute atomic E-state index is 0.690. The van der Waals surface area contributed by atoms with Gasteiger partial charge in [-0.15, -0.1) is 0 Å². The van der Waals surface area contributed by atoms with E-state index < -0.39 is 0 Å². The highest BCUT2D eigenvalue weighted by atomic mass is 15.0. The van der Waals surface area contributed by atoms with Crippen molar-refractivity contribution in [1.82, 2.24) is 19.1 Å². The van der Waals surface area contributed by atoms with Crippen LogP contribution in [0.2, 0.25) is 0 Å². The summed E-state index contributed by atoms with van der Waals surface area (Å²) in [6.45, 7) is 0. The van der Waals surface area contributed by atoms with Gasteiger partial charge < -0.3 is 9.13 Å². The Morgan fingerprint density at radius 2 is 0.833 bits per heavy atom. The van der Waals surface area contributed by atoms with Crippen molar-refractivity contribution in [3.8, 4) is 56.4 Å². The van der Waals surface area contributed by atoms with Crippen molar-refractivity contribution < 1.29 is 0 Å². The molecule has 0 aliphatic carbocycles. The van der Waals surface area contributed by atoms with Crippen molar-refractivity contribution in [3.63, 3.8) is 0 Å². The predicted molar refractivity (Wildman–Crippen MR) is 250 cm³/mol. The predicted octanol–water partition coefficient (Wildman–Crippen LogP) is 14.5. The Bertz CT molecular complexity index is 3580. The largest absolute Gasteiger partial charge is 0.307 e. The maximum atomic E-state index is 5.27. The second kappa shape index (κ2) is 13.8. The second-order valence-electron chi connectivity index (χ2n) is 15.4. The normalized spacial score (nSPS) is 11.7. The summed E-state index contributed by atoms with van der Waals surface area (Å²) in [6, 6.07) is 77.9. The topological polar surface area (TPSA) is 35.6 Å². The van der Waals surface area contributed by atoms with Crippen molar-refractivity contribution in [1.29, 1.82) is 0 Å². The molecule has 3 aromatic heterocycles. The molecular weight excluding hydrogens is 729 g/mol. The third-order valence-corrected chi connectivity index (χ3v) is 11.9. The smallest absolute Gasteiger partial charge is 0.160 e. The number of hydrogen-bond acceptors (Lipinski definition) is 2. The lowest BCUT2D eigenvalue weighted by Crippen LogP contribution is -1.99. The third-order valence-electron chi connectivity index (χ3n) is 11.9. The van der Waals surface area contributed by atoms with Crippen LogP contribution in [0.15, 0.2) is 218 Å². The van der Waals surface area contributed by atoms with Gasteiger partial charge in [0.2, 0.25) is 0 Å². The zero-order valence-electron chi connectivity index (χ0n) is 32.6. The Hall–Kier alpha value is -8.08. The average molecular weight is 765 g/mol. The first-order valence-electron chi connectivity index (χ1n) is 20.4. The van der Waals surface area contributed by atoms with E-state index >= 15 is 0 Å². The summed E-state index contributed by atoms with van der Waals surface area (Å²) >= 11 is 0. The van der Waals surface area contributed by atoms with Crippen LogP contribution >= 0.6 is 0 Å². The number of para-hydroxylation sites is 3. The molecule has 0 unspecified atom stereocenters. The molecule has 280 valence electrons. The van der Waals surface area contributed by atoms with E-state index in [4.69, 9.17) is 9.97 Å². The zero-order chi connectivity index (χ0) is 39.6. The SMILES string of the molecule is c1ccc(-c2cccc(-c3cc(-c4ccccc4)nc(-c4ccc5c(-n6c7ccccc7c7ccc8c9ccccc9n(-c9ccccc9)c8c76)cccc5c4)n3)c2)cc1. The molecule has 0 saturated carbocycles. The third kappa shape index (κ3) is 5.46. The van der Waals surface area contributed by atoms with E-state index in [1.54, 1.807) is 0 Å². The average Bonchev–Trinajstić information content (AvgIpc) is 3.85. The van der Waals surface area contributed by atoms with Crippen molar-refractivity contribution in [2.75, 3.05) is 0 Å². The number of hydrogen-bond donors (Lipinski definition) is 0. The number of benzene rings is 9. The highest BCUT2D eigenvalue weighted by molar-refractivity contribution is 6.24. The molecule has 0 saturated heterocycles. The molecule has 60 heavy (non-hydrogen) atoms. The molecule has 0 atom stereocenters.